The van der Waals surface area contributed by atoms with Crippen molar-refractivity contribution in [1.82, 2.24) is 0 Å². The Labute approximate surface area is 179 Å². The first-order chi connectivity index (χ1) is 14.3. The van der Waals surface area contributed by atoms with Gasteiger partial charge in [0.1, 0.15) is 11.5 Å². The Balaban J connectivity index is 1.78. The second-order valence-corrected chi connectivity index (χ2v) is 8.25. The number of carbonyl (C=O) groups excluding carboxylic acids is 1. The molecule has 0 bridgehead atoms. The van der Waals surface area contributed by atoms with Crippen LogP contribution in [-0.4, -0.2) is 28.5 Å². The van der Waals surface area contributed by atoms with Gasteiger partial charge >= 0.3 is 0 Å². The van der Waals surface area contributed by atoms with Crippen molar-refractivity contribution >= 4 is 38.9 Å². The molecule has 0 spiro atoms. The molecule has 3 rings (SSSR count). The third-order valence-corrected chi connectivity index (χ3v) is 5.83. The summed E-state index contributed by atoms with van der Waals surface area (Å²) in [6, 6.07) is 17.0. The van der Waals surface area contributed by atoms with Crippen molar-refractivity contribution in [3.8, 4) is 11.5 Å². The van der Waals surface area contributed by atoms with Crippen molar-refractivity contribution in [2.24, 2.45) is 0 Å². The molecule has 7 nitrogen and oxygen atoms in total. The number of benzene rings is 3. The van der Waals surface area contributed by atoms with E-state index in [1.807, 2.05) is 0 Å². The molecule has 1 amide bonds. The van der Waals surface area contributed by atoms with Gasteiger partial charge in [0.25, 0.3) is 15.9 Å². The molecular weight excluding hydrogens is 428 g/mol. The molecule has 0 radical (unpaired) electrons. The van der Waals surface area contributed by atoms with E-state index < -0.39 is 15.9 Å². The molecule has 156 valence electrons. The molecular formula is C21H19ClN2O5S. The molecule has 3 aromatic carbocycles. The molecule has 0 saturated carbocycles. The number of methoxy groups -OCH3 is 2. The minimum atomic E-state index is -3.89. The third-order valence-electron chi connectivity index (χ3n) is 4.16. The van der Waals surface area contributed by atoms with Gasteiger partial charge < -0.3 is 14.8 Å². The van der Waals surface area contributed by atoms with Crippen molar-refractivity contribution in [2.75, 3.05) is 24.3 Å². The summed E-state index contributed by atoms with van der Waals surface area (Å²) in [5.74, 6) is 0.611. The number of sulfonamides is 1. The van der Waals surface area contributed by atoms with E-state index in [1.54, 1.807) is 42.5 Å². The number of halogens is 1. The molecule has 30 heavy (non-hydrogen) atoms. The lowest BCUT2D eigenvalue weighted by atomic mass is 10.2. The number of amides is 1. The molecule has 0 atom stereocenters. The lowest BCUT2D eigenvalue weighted by molar-refractivity contribution is 0.102. The molecule has 0 aliphatic carbocycles. The average molecular weight is 447 g/mol. The second kappa shape index (κ2) is 9.06. The van der Waals surface area contributed by atoms with E-state index in [2.05, 4.69) is 10.0 Å². The molecule has 9 heteroatoms. The largest absolute Gasteiger partial charge is 0.497 e. The molecule has 0 aliphatic heterocycles. The predicted octanol–water partition coefficient (Wildman–Crippen LogP) is 4.41. The molecule has 0 aromatic heterocycles. The van der Waals surface area contributed by atoms with Crippen LogP contribution in [0.4, 0.5) is 11.4 Å². The van der Waals surface area contributed by atoms with Crippen LogP contribution in [0.15, 0.2) is 71.6 Å². The summed E-state index contributed by atoms with van der Waals surface area (Å²) in [5.41, 5.74) is 1.01. The summed E-state index contributed by atoms with van der Waals surface area (Å²) in [6.07, 6.45) is 0. The van der Waals surface area contributed by atoms with Gasteiger partial charge in [-0.3, -0.25) is 9.52 Å². The Hall–Kier alpha value is -3.23. The van der Waals surface area contributed by atoms with E-state index in [9.17, 15) is 13.2 Å². The lowest BCUT2D eigenvalue weighted by Crippen LogP contribution is -2.16. The van der Waals surface area contributed by atoms with Crippen LogP contribution in [-0.2, 0) is 10.0 Å². The number of ether oxygens (including phenoxy) is 2. The van der Waals surface area contributed by atoms with Gasteiger partial charge in [-0.2, -0.15) is 0 Å². The third kappa shape index (κ3) is 5.03. The fourth-order valence-corrected chi connectivity index (χ4v) is 3.99. The highest BCUT2D eigenvalue weighted by Crippen LogP contribution is 2.27. The first-order valence-electron chi connectivity index (χ1n) is 8.74. The minimum Gasteiger partial charge on any atom is -0.497 e. The topological polar surface area (TPSA) is 93.7 Å². The summed E-state index contributed by atoms with van der Waals surface area (Å²) in [4.78, 5) is 12.5. The van der Waals surface area contributed by atoms with Gasteiger partial charge in [-0.1, -0.05) is 17.7 Å². The maximum Gasteiger partial charge on any atom is 0.261 e. The van der Waals surface area contributed by atoms with Crippen LogP contribution in [0.25, 0.3) is 0 Å². The average Bonchev–Trinajstić information content (AvgIpc) is 2.74. The Morgan fingerprint density at radius 3 is 2.23 bits per heavy atom. The van der Waals surface area contributed by atoms with E-state index in [0.29, 0.717) is 27.9 Å². The van der Waals surface area contributed by atoms with E-state index in [0.717, 1.165) is 0 Å². The Morgan fingerprint density at radius 1 is 0.900 bits per heavy atom. The van der Waals surface area contributed by atoms with Crippen molar-refractivity contribution in [1.29, 1.82) is 0 Å². The monoisotopic (exact) mass is 446 g/mol. The van der Waals surface area contributed by atoms with E-state index in [4.69, 9.17) is 21.1 Å². The van der Waals surface area contributed by atoms with E-state index in [-0.39, 0.29) is 10.5 Å². The molecule has 2 N–H and O–H groups in total. The fourth-order valence-electron chi connectivity index (χ4n) is 2.63. The normalized spacial score (nSPS) is 10.9. The number of hydrogen-bond donors (Lipinski definition) is 2. The highest BCUT2D eigenvalue weighted by Gasteiger charge is 2.17. The summed E-state index contributed by atoms with van der Waals surface area (Å²) >= 11 is 6.07. The summed E-state index contributed by atoms with van der Waals surface area (Å²) in [5, 5.41) is 3.03. The van der Waals surface area contributed by atoms with Gasteiger partial charge in [0.15, 0.2) is 0 Å². The Bertz CT molecular complexity index is 1160. The SMILES string of the molecule is COc1ccc(NS(=O)(=O)c2cccc(C(=O)Nc3ccc(OC)c(Cl)c3)c2)cc1. The first kappa shape index (κ1) is 21.5. The highest BCUT2D eigenvalue weighted by molar-refractivity contribution is 7.92. The standard InChI is InChI=1S/C21H19ClN2O5S/c1-28-17-9-6-15(7-10-17)24-30(26,27)18-5-3-4-14(12-18)21(25)23-16-8-11-20(29-2)19(22)13-16/h3-13,24H,1-2H3,(H,23,25). The van der Waals surface area contributed by atoms with Crippen LogP contribution in [0.3, 0.4) is 0 Å². The van der Waals surface area contributed by atoms with Gasteiger partial charge in [0, 0.05) is 16.9 Å². The van der Waals surface area contributed by atoms with Crippen LogP contribution in [0.1, 0.15) is 10.4 Å². The smallest absolute Gasteiger partial charge is 0.261 e. The molecule has 0 unspecified atom stereocenters. The number of anilines is 2. The summed E-state index contributed by atoms with van der Waals surface area (Å²) in [7, 11) is -0.871. The quantitative estimate of drug-likeness (QED) is 0.560. The molecule has 0 saturated heterocycles. The van der Waals surface area contributed by atoms with E-state index in [1.165, 1.54) is 38.5 Å². The van der Waals surface area contributed by atoms with Crippen LogP contribution in [0.5, 0.6) is 11.5 Å². The first-order valence-corrected chi connectivity index (χ1v) is 10.6. The van der Waals surface area contributed by atoms with Crippen molar-refractivity contribution in [3.63, 3.8) is 0 Å². The summed E-state index contributed by atoms with van der Waals surface area (Å²) in [6.45, 7) is 0. The molecule has 3 aromatic rings. The van der Waals surface area contributed by atoms with Gasteiger partial charge in [-0.15, -0.1) is 0 Å². The molecule has 0 aliphatic rings. The maximum absolute atomic E-state index is 12.7. The zero-order chi connectivity index (χ0) is 21.7. The van der Waals surface area contributed by atoms with Gasteiger partial charge in [0.05, 0.1) is 24.1 Å². The lowest BCUT2D eigenvalue weighted by Gasteiger charge is -2.11. The van der Waals surface area contributed by atoms with Gasteiger partial charge in [0.2, 0.25) is 0 Å². The van der Waals surface area contributed by atoms with E-state index >= 15 is 0 Å². The van der Waals surface area contributed by atoms with Crippen molar-refractivity contribution in [3.05, 3.63) is 77.3 Å². The van der Waals surface area contributed by atoms with Crippen LogP contribution in [0, 0.1) is 0 Å². The van der Waals surface area contributed by atoms with Gasteiger partial charge in [-0.05, 0) is 60.7 Å². The number of hydrogen-bond acceptors (Lipinski definition) is 5. The van der Waals surface area contributed by atoms with Crippen molar-refractivity contribution < 1.29 is 22.7 Å². The molecule has 0 fully saturated rings. The zero-order valence-electron chi connectivity index (χ0n) is 16.2. The Kier molecular flexibility index (Phi) is 6.49. The fraction of sp³-hybridized carbons (Fsp3) is 0.0952. The Morgan fingerprint density at radius 2 is 1.60 bits per heavy atom. The highest BCUT2D eigenvalue weighted by atomic mass is 35.5. The zero-order valence-corrected chi connectivity index (χ0v) is 17.8. The maximum atomic E-state index is 12.7. The van der Waals surface area contributed by atoms with Crippen molar-refractivity contribution in [2.45, 2.75) is 4.90 Å². The second-order valence-electron chi connectivity index (χ2n) is 6.17. The number of nitrogens with one attached hydrogen (secondary N) is 2. The predicted molar refractivity (Wildman–Crippen MR) is 116 cm³/mol. The van der Waals surface area contributed by atoms with Crippen LogP contribution >= 0.6 is 11.6 Å². The molecule has 0 heterocycles. The number of carbonyl (C=O) groups is 1. The minimum absolute atomic E-state index is 0.0428. The summed E-state index contributed by atoms with van der Waals surface area (Å²) < 4.78 is 38.0. The van der Waals surface area contributed by atoms with Crippen LogP contribution in [0.2, 0.25) is 5.02 Å². The van der Waals surface area contributed by atoms with Crippen LogP contribution < -0.4 is 19.5 Å². The van der Waals surface area contributed by atoms with Gasteiger partial charge in [-0.25, -0.2) is 8.42 Å². The number of rotatable bonds is 7.